The molecule has 1 atom stereocenters. The number of carbonyl (C=O) groups is 1. The molecule has 0 radical (unpaired) electrons. The SMILES string of the molecule is CC(C)C(C(=O)N1CCNCC1)c1ccco1. The molecule has 4 heteroatoms. The van der Waals surface area contributed by atoms with Crippen LogP contribution in [0.25, 0.3) is 0 Å². The van der Waals surface area contributed by atoms with Crippen molar-refractivity contribution in [3.63, 3.8) is 0 Å². The lowest BCUT2D eigenvalue weighted by molar-refractivity contribution is -0.134. The van der Waals surface area contributed by atoms with Crippen LogP contribution in [0.15, 0.2) is 22.8 Å². The van der Waals surface area contributed by atoms with Crippen LogP contribution >= 0.6 is 0 Å². The Kier molecular flexibility index (Phi) is 3.84. The Morgan fingerprint density at radius 2 is 2.12 bits per heavy atom. The van der Waals surface area contributed by atoms with E-state index in [0.717, 1.165) is 31.9 Å². The van der Waals surface area contributed by atoms with Crippen molar-refractivity contribution in [2.75, 3.05) is 26.2 Å². The first-order valence-corrected chi connectivity index (χ1v) is 6.23. The quantitative estimate of drug-likeness (QED) is 0.864. The summed E-state index contributed by atoms with van der Waals surface area (Å²) in [7, 11) is 0. The van der Waals surface area contributed by atoms with E-state index in [1.54, 1.807) is 6.26 Å². The van der Waals surface area contributed by atoms with Crippen molar-refractivity contribution in [1.29, 1.82) is 0 Å². The topological polar surface area (TPSA) is 45.5 Å². The zero-order valence-electron chi connectivity index (χ0n) is 10.5. The Labute approximate surface area is 102 Å². The summed E-state index contributed by atoms with van der Waals surface area (Å²) < 4.78 is 5.41. The van der Waals surface area contributed by atoms with E-state index in [9.17, 15) is 4.79 Å². The number of piperazine rings is 1. The molecule has 2 heterocycles. The van der Waals surface area contributed by atoms with Crippen molar-refractivity contribution in [2.24, 2.45) is 5.92 Å². The van der Waals surface area contributed by atoms with Crippen molar-refractivity contribution in [2.45, 2.75) is 19.8 Å². The highest BCUT2D eigenvalue weighted by molar-refractivity contribution is 5.83. The molecule has 4 nitrogen and oxygen atoms in total. The third-order valence-electron chi connectivity index (χ3n) is 3.21. The lowest BCUT2D eigenvalue weighted by atomic mass is 9.91. The van der Waals surface area contributed by atoms with Crippen LogP contribution in [0.5, 0.6) is 0 Å². The average Bonchev–Trinajstić information content (AvgIpc) is 2.83. The predicted molar refractivity (Wildman–Crippen MR) is 65.7 cm³/mol. The van der Waals surface area contributed by atoms with E-state index in [4.69, 9.17) is 4.42 Å². The lowest BCUT2D eigenvalue weighted by Crippen LogP contribution is -2.48. The monoisotopic (exact) mass is 236 g/mol. The van der Waals surface area contributed by atoms with E-state index < -0.39 is 0 Å². The Hall–Kier alpha value is -1.29. The summed E-state index contributed by atoms with van der Waals surface area (Å²) in [4.78, 5) is 14.4. The maximum Gasteiger partial charge on any atom is 0.233 e. The molecule has 1 aromatic heterocycles. The molecule has 1 unspecified atom stereocenters. The second-order valence-electron chi connectivity index (χ2n) is 4.81. The van der Waals surface area contributed by atoms with E-state index in [0.29, 0.717) is 0 Å². The molecule has 94 valence electrons. The Balaban J connectivity index is 2.13. The first-order chi connectivity index (χ1) is 8.20. The molecule has 1 amide bonds. The second-order valence-corrected chi connectivity index (χ2v) is 4.81. The van der Waals surface area contributed by atoms with Crippen LogP contribution in [0, 0.1) is 5.92 Å². The van der Waals surface area contributed by atoms with Crippen LogP contribution < -0.4 is 5.32 Å². The van der Waals surface area contributed by atoms with Crippen LogP contribution in [0.4, 0.5) is 0 Å². The standard InChI is InChI=1S/C13H20N2O2/c1-10(2)12(11-4-3-9-17-11)13(16)15-7-5-14-6-8-15/h3-4,9-10,12,14H,5-8H2,1-2H3. The molecular formula is C13H20N2O2. The number of hydrogen-bond donors (Lipinski definition) is 1. The molecule has 0 aromatic carbocycles. The fourth-order valence-corrected chi connectivity index (χ4v) is 2.29. The maximum absolute atomic E-state index is 12.5. The third-order valence-corrected chi connectivity index (χ3v) is 3.21. The van der Waals surface area contributed by atoms with E-state index in [-0.39, 0.29) is 17.7 Å². The van der Waals surface area contributed by atoms with Gasteiger partial charge in [0.1, 0.15) is 5.76 Å². The molecule has 1 aliphatic heterocycles. The Morgan fingerprint density at radius 1 is 1.41 bits per heavy atom. The van der Waals surface area contributed by atoms with Crippen molar-refractivity contribution in [3.8, 4) is 0 Å². The number of furan rings is 1. The van der Waals surface area contributed by atoms with E-state index >= 15 is 0 Å². The summed E-state index contributed by atoms with van der Waals surface area (Å²) >= 11 is 0. The van der Waals surface area contributed by atoms with Gasteiger partial charge in [0, 0.05) is 26.2 Å². The molecule has 0 bridgehead atoms. The van der Waals surface area contributed by atoms with Gasteiger partial charge in [0.25, 0.3) is 0 Å². The Bertz CT molecular complexity index is 354. The largest absolute Gasteiger partial charge is 0.469 e. The van der Waals surface area contributed by atoms with Gasteiger partial charge in [-0.1, -0.05) is 13.8 Å². The van der Waals surface area contributed by atoms with E-state index in [1.807, 2.05) is 17.0 Å². The number of hydrogen-bond acceptors (Lipinski definition) is 3. The summed E-state index contributed by atoms with van der Waals surface area (Å²) in [5.41, 5.74) is 0. The minimum atomic E-state index is -0.150. The van der Waals surface area contributed by atoms with Gasteiger partial charge in [-0.15, -0.1) is 0 Å². The van der Waals surface area contributed by atoms with E-state index in [1.165, 1.54) is 0 Å². The van der Waals surface area contributed by atoms with Gasteiger partial charge < -0.3 is 14.6 Å². The number of nitrogens with zero attached hydrogens (tertiary/aromatic N) is 1. The molecular weight excluding hydrogens is 216 g/mol. The van der Waals surface area contributed by atoms with Crippen molar-refractivity contribution < 1.29 is 9.21 Å². The molecule has 1 aromatic rings. The number of nitrogens with one attached hydrogen (secondary N) is 1. The van der Waals surface area contributed by atoms with Gasteiger partial charge >= 0.3 is 0 Å². The van der Waals surface area contributed by atoms with Crippen LogP contribution in [-0.4, -0.2) is 37.0 Å². The normalized spacial score (nSPS) is 18.4. The predicted octanol–water partition coefficient (Wildman–Crippen LogP) is 1.45. The van der Waals surface area contributed by atoms with Gasteiger partial charge in [0.2, 0.25) is 5.91 Å². The molecule has 1 fully saturated rings. The van der Waals surface area contributed by atoms with Gasteiger partial charge in [-0.2, -0.15) is 0 Å². The van der Waals surface area contributed by atoms with Crippen molar-refractivity contribution in [1.82, 2.24) is 10.2 Å². The van der Waals surface area contributed by atoms with Crippen LogP contribution in [-0.2, 0) is 4.79 Å². The lowest BCUT2D eigenvalue weighted by Gasteiger charge is -2.31. The number of carbonyl (C=O) groups excluding carboxylic acids is 1. The van der Waals surface area contributed by atoms with Gasteiger partial charge in [0.05, 0.1) is 12.2 Å². The fraction of sp³-hybridized carbons (Fsp3) is 0.615. The maximum atomic E-state index is 12.5. The summed E-state index contributed by atoms with van der Waals surface area (Å²) in [6, 6.07) is 3.74. The summed E-state index contributed by atoms with van der Waals surface area (Å²) in [5.74, 6) is 1.08. The van der Waals surface area contributed by atoms with Crippen LogP contribution in [0.2, 0.25) is 0 Å². The molecule has 0 aliphatic carbocycles. The van der Waals surface area contributed by atoms with Gasteiger partial charge in [-0.05, 0) is 18.1 Å². The summed E-state index contributed by atoms with van der Waals surface area (Å²) in [5, 5.41) is 3.26. The Morgan fingerprint density at radius 3 is 2.65 bits per heavy atom. The van der Waals surface area contributed by atoms with Crippen molar-refractivity contribution >= 4 is 5.91 Å². The van der Waals surface area contributed by atoms with Crippen molar-refractivity contribution in [3.05, 3.63) is 24.2 Å². The summed E-state index contributed by atoms with van der Waals surface area (Å²) in [6.07, 6.45) is 1.63. The molecule has 1 aliphatic rings. The van der Waals surface area contributed by atoms with Crippen LogP contribution in [0.3, 0.4) is 0 Å². The van der Waals surface area contributed by atoms with Crippen LogP contribution in [0.1, 0.15) is 25.5 Å². The highest BCUT2D eigenvalue weighted by atomic mass is 16.3. The third kappa shape index (κ3) is 2.69. The number of rotatable bonds is 3. The molecule has 1 saturated heterocycles. The van der Waals surface area contributed by atoms with Gasteiger partial charge in [0.15, 0.2) is 0 Å². The molecule has 0 spiro atoms. The molecule has 1 N–H and O–H groups in total. The zero-order chi connectivity index (χ0) is 12.3. The minimum Gasteiger partial charge on any atom is -0.469 e. The smallest absolute Gasteiger partial charge is 0.233 e. The minimum absolute atomic E-state index is 0.150. The second kappa shape index (κ2) is 5.36. The highest BCUT2D eigenvalue weighted by Gasteiger charge is 2.31. The fourth-order valence-electron chi connectivity index (χ4n) is 2.29. The summed E-state index contributed by atoms with van der Waals surface area (Å²) in [6.45, 7) is 7.48. The van der Waals surface area contributed by atoms with Gasteiger partial charge in [-0.25, -0.2) is 0 Å². The first-order valence-electron chi connectivity index (χ1n) is 6.23. The van der Waals surface area contributed by atoms with Gasteiger partial charge in [-0.3, -0.25) is 4.79 Å². The zero-order valence-corrected chi connectivity index (χ0v) is 10.5. The van der Waals surface area contributed by atoms with E-state index in [2.05, 4.69) is 19.2 Å². The highest BCUT2D eigenvalue weighted by Crippen LogP contribution is 2.27. The average molecular weight is 236 g/mol. The first kappa shape index (κ1) is 12.2. The number of amides is 1. The molecule has 0 saturated carbocycles. The molecule has 17 heavy (non-hydrogen) atoms. The molecule has 2 rings (SSSR count).